The molecule has 1 aliphatic rings. The van der Waals surface area contributed by atoms with Gasteiger partial charge in [0.15, 0.2) is 6.10 Å². The number of fused-ring (bicyclic) bond motifs is 2. The Hall–Kier alpha value is -2.41. The quantitative estimate of drug-likeness (QED) is 0.506. The number of rotatable bonds is 8. The Morgan fingerprint density at radius 3 is 2.27 bits per heavy atom. The minimum atomic E-state index is -0.937. The average molecular weight is 441 g/mol. The Bertz CT molecular complexity index is 985. The van der Waals surface area contributed by atoms with Crippen LogP contribution < -0.4 is 4.74 Å². The summed E-state index contributed by atoms with van der Waals surface area (Å²) < 4.78 is 11.3. The van der Waals surface area contributed by atoms with E-state index in [9.17, 15) is 9.90 Å². The third kappa shape index (κ3) is 4.67. The fraction of sp³-hybridized carbons (Fsp3) is 0.292. The van der Waals surface area contributed by atoms with E-state index in [4.69, 9.17) is 9.47 Å². The molecule has 0 saturated heterocycles. The van der Waals surface area contributed by atoms with Gasteiger partial charge in [-0.05, 0) is 77.6 Å². The van der Waals surface area contributed by atoms with Gasteiger partial charge in [0, 0.05) is 28.4 Å². The third-order valence-corrected chi connectivity index (χ3v) is 7.15. The molecule has 1 N–H and O–H groups in total. The lowest BCUT2D eigenvalue weighted by Crippen LogP contribution is -2.26. The van der Waals surface area contributed by atoms with Crippen LogP contribution in [-0.2, 0) is 28.8 Å². The van der Waals surface area contributed by atoms with E-state index in [-0.39, 0.29) is 0 Å². The second kappa shape index (κ2) is 9.60. The maximum atomic E-state index is 11.3. The van der Waals surface area contributed by atoms with Gasteiger partial charge in [0.2, 0.25) is 0 Å². The van der Waals surface area contributed by atoms with E-state index < -0.39 is 12.1 Å². The molecule has 0 spiro atoms. The van der Waals surface area contributed by atoms with Crippen LogP contribution in [0.1, 0.15) is 33.4 Å². The molecule has 1 aromatic carbocycles. The van der Waals surface area contributed by atoms with Crippen molar-refractivity contribution in [3.63, 3.8) is 0 Å². The molecule has 0 fully saturated rings. The van der Waals surface area contributed by atoms with Crippen LogP contribution in [0.3, 0.4) is 0 Å². The summed E-state index contributed by atoms with van der Waals surface area (Å²) in [7, 11) is 0. The van der Waals surface area contributed by atoms with E-state index in [0.717, 1.165) is 24.2 Å². The lowest BCUT2D eigenvalue weighted by molar-refractivity contribution is -0.149. The monoisotopic (exact) mass is 440 g/mol. The Balaban J connectivity index is 1.44. The van der Waals surface area contributed by atoms with E-state index in [0.29, 0.717) is 19.6 Å². The van der Waals surface area contributed by atoms with Crippen LogP contribution in [0.5, 0.6) is 5.75 Å². The fourth-order valence-electron chi connectivity index (χ4n) is 3.67. The van der Waals surface area contributed by atoms with Gasteiger partial charge in [0.05, 0.1) is 0 Å². The molecule has 0 saturated carbocycles. The maximum Gasteiger partial charge on any atom is 0.333 e. The third-order valence-electron chi connectivity index (χ3n) is 5.17. The first-order valence-corrected chi connectivity index (χ1v) is 11.8. The van der Waals surface area contributed by atoms with Crippen molar-refractivity contribution in [2.75, 3.05) is 13.2 Å². The molecule has 0 amide bonds. The van der Waals surface area contributed by atoms with Crippen LogP contribution >= 0.6 is 22.7 Å². The number of thiophene rings is 2. The zero-order valence-corrected chi connectivity index (χ0v) is 18.4. The zero-order chi connectivity index (χ0) is 20.9. The molecule has 1 atom stereocenters. The molecular weight excluding hydrogens is 416 g/mol. The van der Waals surface area contributed by atoms with Gasteiger partial charge in [-0.15, -0.1) is 22.7 Å². The number of hydrogen-bond donors (Lipinski definition) is 1. The number of aliphatic carboxylic acids is 1. The molecule has 156 valence electrons. The van der Waals surface area contributed by atoms with Crippen LogP contribution in [0.15, 0.2) is 53.2 Å². The summed E-state index contributed by atoms with van der Waals surface area (Å²) in [4.78, 5) is 14.0. The molecule has 2 aromatic heterocycles. The van der Waals surface area contributed by atoms with E-state index in [1.54, 1.807) is 29.6 Å². The van der Waals surface area contributed by atoms with Gasteiger partial charge in [-0.1, -0.05) is 12.1 Å². The summed E-state index contributed by atoms with van der Waals surface area (Å²) in [5.74, 6) is -0.168. The largest absolute Gasteiger partial charge is 0.490 e. The zero-order valence-electron chi connectivity index (χ0n) is 16.8. The van der Waals surface area contributed by atoms with Gasteiger partial charge in [0.25, 0.3) is 0 Å². The number of benzene rings is 1. The second-order valence-electron chi connectivity index (χ2n) is 7.11. The van der Waals surface area contributed by atoms with Crippen LogP contribution in [0.2, 0.25) is 0 Å². The van der Waals surface area contributed by atoms with Crippen molar-refractivity contribution in [2.24, 2.45) is 0 Å². The van der Waals surface area contributed by atoms with Crippen molar-refractivity contribution in [1.82, 2.24) is 0 Å². The smallest absolute Gasteiger partial charge is 0.333 e. The summed E-state index contributed by atoms with van der Waals surface area (Å²) in [5, 5.41) is 13.6. The molecule has 1 unspecified atom stereocenters. The minimum absolute atomic E-state index is 0.343. The van der Waals surface area contributed by atoms with E-state index >= 15 is 0 Å². The van der Waals surface area contributed by atoms with Crippen LogP contribution in [-0.4, -0.2) is 30.4 Å². The molecule has 0 aliphatic heterocycles. The van der Waals surface area contributed by atoms with E-state index in [1.807, 2.05) is 24.3 Å². The van der Waals surface area contributed by atoms with Crippen LogP contribution in [0, 0.1) is 0 Å². The van der Waals surface area contributed by atoms with E-state index in [2.05, 4.69) is 29.0 Å². The number of carbonyl (C=O) groups is 1. The molecular formula is C24H24O4S2. The standard InChI is InChI=1S/C24H24O4S2/c1-2-27-21(24(25)26)15-16-3-7-19(8-4-16)28-12-9-20-22-17(10-13-29-22)5-6-18-11-14-30-23(18)20/h3-4,7-11,13-14,21H,2,5-6,12,15H2,1H3,(H,25,26). The lowest BCUT2D eigenvalue weighted by Gasteiger charge is -2.13. The van der Waals surface area contributed by atoms with Crippen molar-refractivity contribution < 1.29 is 19.4 Å². The molecule has 4 rings (SSSR count). The summed E-state index contributed by atoms with van der Waals surface area (Å²) >= 11 is 3.59. The van der Waals surface area contributed by atoms with Gasteiger partial charge in [-0.3, -0.25) is 0 Å². The number of aryl methyl sites for hydroxylation is 2. The molecule has 0 bridgehead atoms. The highest BCUT2D eigenvalue weighted by molar-refractivity contribution is 7.14. The average Bonchev–Trinajstić information content (AvgIpc) is 3.38. The highest BCUT2D eigenvalue weighted by Crippen LogP contribution is 2.39. The molecule has 3 aromatic rings. The predicted octanol–water partition coefficient (Wildman–Crippen LogP) is 5.45. The van der Waals surface area contributed by atoms with Crippen molar-refractivity contribution in [1.29, 1.82) is 0 Å². The number of ether oxygens (including phenoxy) is 2. The van der Waals surface area contributed by atoms with Gasteiger partial charge >= 0.3 is 5.97 Å². The van der Waals surface area contributed by atoms with E-state index in [1.165, 1.54) is 26.5 Å². The SMILES string of the molecule is CCOC(Cc1ccc(OCC=C2c3sccc3CCc3ccsc32)cc1)C(=O)O. The summed E-state index contributed by atoms with van der Waals surface area (Å²) in [6, 6.07) is 12.0. The Morgan fingerprint density at radius 2 is 1.70 bits per heavy atom. The molecule has 2 heterocycles. The Kier molecular flexibility index (Phi) is 6.67. The highest BCUT2D eigenvalue weighted by Gasteiger charge is 2.20. The van der Waals surface area contributed by atoms with Crippen molar-refractivity contribution >= 4 is 34.2 Å². The van der Waals surface area contributed by atoms with Gasteiger partial charge in [0.1, 0.15) is 12.4 Å². The van der Waals surface area contributed by atoms with Crippen molar-refractivity contribution in [3.8, 4) is 5.75 Å². The highest BCUT2D eigenvalue weighted by atomic mass is 32.1. The minimum Gasteiger partial charge on any atom is -0.490 e. The first kappa shape index (κ1) is 20.8. The maximum absolute atomic E-state index is 11.3. The predicted molar refractivity (Wildman–Crippen MR) is 122 cm³/mol. The molecule has 0 radical (unpaired) electrons. The molecule has 4 nitrogen and oxygen atoms in total. The van der Waals surface area contributed by atoms with Crippen LogP contribution in [0.4, 0.5) is 0 Å². The topological polar surface area (TPSA) is 55.8 Å². The van der Waals surface area contributed by atoms with Crippen molar-refractivity contribution in [2.45, 2.75) is 32.3 Å². The second-order valence-corrected chi connectivity index (χ2v) is 8.94. The van der Waals surface area contributed by atoms with Gasteiger partial charge in [-0.25, -0.2) is 4.79 Å². The summed E-state index contributed by atoms with van der Waals surface area (Å²) in [6.45, 7) is 2.67. The molecule has 1 aliphatic carbocycles. The summed E-state index contributed by atoms with van der Waals surface area (Å²) in [5.41, 5.74) is 5.03. The van der Waals surface area contributed by atoms with Gasteiger partial charge < -0.3 is 14.6 Å². The Labute approximate surface area is 184 Å². The molecule has 6 heteroatoms. The first-order chi connectivity index (χ1) is 14.7. The number of carboxylic acid groups (broad SMARTS) is 1. The fourth-order valence-corrected chi connectivity index (χ4v) is 5.74. The normalized spacial score (nSPS) is 13.8. The van der Waals surface area contributed by atoms with Crippen molar-refractivity contribution in [3.05, 3.63) is 79.7 Å². The first-order valence-electron chi connectivity index (χ1n) is 10.1. The number of carboxylic acids is 1. The summed E-state index contributed by atoms with van der Waals surface area (Å²) in [6.07, 6.45) is 3.87. The lowest BCUT2D eigenvalue weighted by atomic mass is 10.1. The Morgan fingerprint density at radius 1 is 1.07 bits per heavy atom. The van der Waals surface area contributed by atoms with Gasteiger partial charge in [-0.2, -0.15) is 0 Å². The number of hydrogen-bond acceptors (Lipinski definition) is 5. The molecule has 30 heavy (non-hydrogen) atoms. The van der Waals surface area contributed by atoms with Crippen LogP contribution in [0.25, 0.3) is 5.57 Å².